The standard InChI is InChI=1S/C15H17NO2S/c1-10(14(16-2)15(17)18-3)12-9-19-13-8-6-4-5-7-11(12)13/h4-6,8-10,14,16H,1-3H3/t10-,14+/m0/s1. The zero-order chi connectivity index (χ0) is 13.8. The second kappa shape index (κ2) is 6.02. The lowest BCUT2D eigenvalue weighted by atomic mass is 9.94. The molecular formula is C15H17NO2S. The topological polar surface area (TPSA) is 38.3 Å². The van der Waals surface area contributed by atoms with E-state index in [-0.39, 0.29) is 17.9 Å². The number of carbonyl (C=O) groups is 1. The molecule has 3 nitrogen and oxygen atoms in total. The molecule has 2 atom stereocenters. The van der Waals surface area contributed by atoms with E-state index in [4.69, 9.17) is 4.74 Å². The number of methoxy groups -OCH3 is 1. The van der Waals surface area contributed by atoms with Gasteiger partial charge in [-0.25, -0.2) is 0 Å². The van der Waals surface area contributed by atoms with Gasteiger partial charge in [0.05, 0.1) is 7.11 Å². The van der Waals surface area contributed by atoms with Crippen molar-refractivity contribution in [1.82, 2.24) is 5.32 Å². The van der Waals surface area contributed by atoms with Gasteiger partial charge in [-0.05, 0) is 30.1 Å². The molecule has 1 aromatic rings. The van der Waals surface area contributed by atoms with Crippen LogP contribution in [-0.4, -0.2) is 26.2 Å². The summed E-state index contributed by atoms with van der Waals surface area (Å²) in [6, 6.07) is -0.346. The molecule has 2 rings (SSSR count). The summed E-state index contributed by atoms with van der Waals surface area (Å²) in [5, 5.41) is 6.20. The molecule has 1 aliphatic rings. The Morgan fingerprint density at radius 2 is 2.26 bits per heavy atom. The fraction of sp³-hybridized carbons (Fsp3) is 0.333. The molecule has 1 aliphatic carbocycles. The molecule has 1 N–H and O–H groups in total. The zero-order valence-electron chi connectivity index (χ0n) is 11.3. The van der Waals surface area contributed by atoms with Gasteiger partial charge in [0.2, 0.25) is 0 Å². The lowest BCUT2D eigenvalue weighted by Crippen LogP contribution is -2.41. The first kappa shape index (κ1) is 13.8. The number of carbonyl (C=O) groups excluding carboxylic acids is 1. The SMILES string of the molecule is CN[C@@H](C(=O)OC)[C@@H](C)c1csc2c1=C=CC=CC=2. The number of rotatable bonds is 4. The van der Waals surface area contributed by atoms with Gasteiger partial charge in [0.15, 0.2) is 0 Å². The van der Waals surface area contributed by atoms with Gasteiger partial charge in [0.1, 0.15) is 6.04 Å². The van der Waals surface area contributed by atoms with E-state index in [1.54, 1.807) is 18.4 Å². The van der Waals surface area contributed by atoms with E-state index >= 15 is 0 Å². The Labute approximate surface area is 116 Å². The molecule has 0 saturated carbocycles. The van der Waals surface area contributed by atoms with Crippen LogP contribution < -0.4 is 15.1 Å². The molecule has 0 spiro atoms. The maximum absolute atomic E-state index is 11.8. The molecular weight excluding hydrogens is 258 g/mol. The van der Waals surface area contributed by atoms with E-state index in [0.717, 1.165) is 10.8 Å². The Bertz CT molecular complexity index is 650. The van der Waals surface area contributed by atoms with Crippen molar-refractivity contribution in [3.8, 4) is 0 Å². The van der Waals surface area contributed by atoms with Crippen LogP contribution in [0.25, 0.3) is 11.8 Å². The molecule has 1 aromatic heterocycles. The van der Waals surface area contributed by atoms with E-state index < -0.39 is 0 Å². The summed E-state index contributed by atoms with van der Waals surface area (Å²) in [6.07, 6.45) is 7.92. The Kier molecular flexibility index (Phi) is 4.38. The lowest BCUT2D eigenvalue weighted by Gasteiger charge is -2.20. The Morgan fingerprint density at radius 1 is 1.47 bits per heavy atom. The summed E-state index contributed by atoms with van der Waals surface area (Å²) in [5.74, 6) is -0.209. The first-order valence-electron chi connectivity index (χ1n) is 6.15. The molecule has 4 heteroatoms. The molecule has 19 heavy (non-hydrogen) atoms. The fourth-order valence-electron chi connectivity index (χ4n) is 2.21. The van der Waals surface area contributed by atoms with Crippen LogP contribution in [0.3, 0.4) is 0 Å². The van der Waals surface area contributed by atoms with Crippen LogP contribution >= 0.6 is 11.3 Å². The number of fused-ring (bicyclic) bond motifs is 1. The van der Waals surface area contributed by atoms with Crippen molar-refractivity contribution in [2.24, 2.45) is 0 Å². The summed E-state index contributed by atoms with van der Waals surface area (Å²) in [7, 11) is 3.19. The molecule has 0 aromatic carbocycles. The highest BCUT2D eigenvalue weighted by atomic mass is 32.1. The summed E-state index contributed by atoms with van der Waals surface area (Å²) in [4.78, 5) is 11.8. The molecule has 1 heterocycles. The minimum absolute atomic E-state index is 0.0323. The number of allylic oxidation sites excluding steroid dienone is 3. The first-order valence-corrected chi connectivity index (χ1v) is 7.03. The molecule has 0 bridgehead atoms. The highest BCUT2D eigenvalue weighted by Crippen LogP contribution is 2.17. The molecule has 0 aliphatic heterocycles. The number of thiophene rings is 1. The van der Waals surface area contributed by atoms with E-state index in [1.807, 2.05) is 25.2 Å². The van der Waals surface area contributed by atoms with Crippen molar-refractivity contribution >= 4 is 29.1 Å². The van der Waals surface area contributed by atoms with Crippen molar-refractivity contribution in [3.63, 3.8) is 0 Å². The average Bonchev–Trinajstić information content (AvgIpc) is 2.68. The van der Waals surface area contributed by atoms with E-state index in [0.29, 0.717) is 0 Å². The van der Waals surface area contributed by atoms with Crippen LogP contribution in [-0.2, 0) is 9.53 Å². The molecule has 0 radical (unpaired) electrons. The van der Waals surface area contributed by atoms with Gasteiger partial charge in [-0.15, -0.1) is 17.1 Å². The molecule has 0 unspecified atom stereocenters. The van der Waals surface area contributed by atoms with E-state index in [1.165, 1.54) is 11.6 Å². The number of nitrogens with one attached hydrogen (secondary N) is 1. The van der Waals surface area contributed by atoms with Crippen LogP contribution in [0.15, 0.2) is 23.6 Å². The van der Waals surface area contributed by atoms with E-state index in [9.17, 15) is 4.79 Å². The van der Waals surface area contributed by atoms with Crippen molar-refractivity contribution in [2.45, 2.75) is 18.9 Å². The van der Waals surface area contributed by atoms with Crippen LogP contribution in [0.4, 0.5) is 0 Å². The van der Waals surface area contributed by atoms with Crippen LogP contribution in [0.2, 0.25) is 0 Å². The number of hydrogen-bond acceptors (Lipinski definition) is 4. The predicted octanol–water partition coefficient (Wildman–Crippen LogP) is 0.899. The molecule has 100 valence electrons. The Hall–Kier alpha value is -1.61. The van der Waals surface area contributed by atoms with Crippen LogP contribution in [0, 0.1) is 0 Å². The fourth-order valence-corrected chi connectivity index (χ4v) is 3.25. The smallest absolute Gasteiger partial charge is 0.323 e. The average molecular weight is 275 g/mol. The highest BCUT2D eigenvalue weighted by molar-refractivity contribution is 7.07. The lowest BCUT2D eigenvalue weighted by molar-refractivity contribution is -0.143. The molecule has 0 amide bonds. The number of hydrogen-bond donors (Lipinski definition) is 1. The maximum Gasteiger partial charge on any atom is 0.323 e. The monoisotopic (exact) mass is 275 g/mol. The number of esters is 1. The minimum Gasteiger partial charge on any atom is -0.468 e. The summed E-state index contributed by atoms with van der Waals surface area (Å²) < 4.78 is 6.02. The molecule has 0 fully saturated rings. The van der Waals surface area contributed by atoms with Crippen molar-refractivity contribution in [2.75, 3.05) is 14.2 Å². The Morgan fingerprint density at radius 3 is 2.95 bits per heavy atom. The Balaban J connectivity index is 2.47. The summed E-state index contributed by atoms with van der Waals surface area (Å²) in [5.41, 5.74) is 4.40. The van der Waals surface area contributed by atoms with Gasteiger partial charge in [-0.2, -0.15) is 0 Å². The third kappa shape index (κ3) is 2.71. The second-order valence-corrected chi connectivity index (χ2v) is 5.28. The van der Waals surface area contributed by atoms with Crippen LogP contribution in [0.5, 0.6) is 0 Å². The predicted molar refractivity (Wildman–Crippen MR) is 78.4 cm³/mol. The minimum atomic E-state index is -0.346. The first-order chi connectivity index (χ1) is 9.19. The zero-order valence-corrected chi connectivity index (χ0v) is 12.1. The normalized spacial score (nSPS) is 15.7. The van der Waals surface area contributed by atoms with Crippen molar-refractivity contribution in [1.29, 1.82) is 0 Å². The third-order valence-electron chi connectivity index (χ3n) is 3.29. The van der Waals surface area contributed by atoms with Crippen molar-refractivity contribution in [3.05, 3.63) is 38.9 Å². The second-order valence-electron chi connectivity index (χ2n) is 4.37. The van der Waals surface area contributed by atoms with Gasteiger partial charge < -0.3 is 10.1 Å². The highest BCUT2D eigenvalue weighted by Gasteiger charge is 2.26. The van der Waals surface area contributed by atoms with Gasteiger partial charge in [-0.1, -0.05) is 19.1 Å². The number of ether oxygens (including phenoxy) is 1. The summed E-state index contributed by atoms with van der Waals surface area (Å²) in [6.45, 7) is 2.03. The third-order valence-corrected chi connectivity index (χ3v) is 4.25. The van der Waals surface area contributed by atoms with Gasteiger partial charge >= 0.3 is 5.97 Å². The van der Waals surface area contributed by atoms with Gasteiger partial charge in [0.25, 0.3) is 0 Å². The maximum atomic E-state index is 11.8. The van der Waals surface area contributed by atoms with Gasteiger partial charge in [0, 0.05) is 15.7 Å². The quantitative estimate of drug-likeness (QED) is 0.830. The molecule has 0 saturated heterocycles. The summed E-state index contributed by atoms with van der Waals surface area (Å²) >= 11 is 1.67. The van der Waals surface area contributed by atoms with Crippen LogP contribution in [0.1, 0.15) is 18.4 Å². The van der Waals surface area contributed by atoms with Crippen molar-refractivity contribution < 1.29 is 9.53 Å². The van der Waals surface area contributed by atoms with Gasteiger partial charge in [-0.3, -0.25) is 4.79 Å². The largest absolute Gasteiger partial charge is 0.468 e. The van der Waals surface area contributed by atoms with E-state index in [2.05, 4.69) is 22.5 Å². The number of likely N-dealkylation sites (N-methyl/N-ethyl adjacent to an activating group) is 1.